The number of carbonyl (C=O) groups is 2. The Balaban J connectivity index is 2.14. The van der Waals surface area contributed by atoms with Crippen LogP contribution in [0.5, 0.6) is 0 Å². The van der Waals surface area contributed by atoms with Crippen LogP contribution in [0.4, 0.5) is 34.3 Å². The Bertz CT molecular complexity index is 1400. The summed E-state index contributed by atoms with van der Waals surface area (Å²) in [7, 11) is -5.32. The Labute approximate surface area is 222 Å². The average Bonchev–Trinajstić information content (AvgIpc) is 3.24. The molecule has 2 amide bonds. The molecule has 2 aromatic carbocycles. The predicted molar refractivity (Wildman–Crippen MR) is 133 cm³/mol. The van der Waals surface area contributed by atoms with Gasteiger partial charge in [0.25, 0.3) is 10.0 Å². The van der Waals surface area contributed by atoms with Crippen LogP contribution in [-0.2, 0) is 21.3 Å². The van der Waals surface area contributed by atoms with E-state index in [0.29, 0.717) is 17.0 Å². The van der Waals surface area contributed by atoms with Crippen LogP contribution in [-0.4, -0.2) is 36.3 Å². The van der Waals surface area contributed by atoms with Crippen molar-refractivity contribution in [3.8, 4) is 0 Å². The van der Waals surface area contributed by atoms with Crippen molar-refractivity contribution >= 4 is 61.0 Å². The van der Waals surface area contributed by atoms with E-state index in [4.69, 9.17) is 4.74 Å². The normalized spacial score (nSPS) is 11.8. The van der Waals surface area contributed by atoms with E-state index in [9.17, 15) is 27.5 Å². The second kappa shape index (κ2) is 10.7. The van der Waals surface area contributed by atoms with E-state index in [-0.39, 0.29) is 14.3 Å². The summed E-state index contributed by atoms with van der Waals surface area (Å²) in [6.45, 7) is 4.07. The fourth-order valence-corrected chi connectivity index (χ4v) is 5.49. The number of carboxylic acid groups (broad SMARTS) is 1. The minimum absolute atomic E-state index is 0.0496. The minimum atomic E-state index is -5.32. The van der Waals surface area contributed by atoms with Crippen LogP contribution in [0.25, 0.3) is 0 Å². The van der Waals surface area contributed by atoms with Crippen molar-refractivity contribution in [3.05, 3.63) is 68.7 Å². The van der Waals surface area contributed by atoms with Gasteiger partial charge in [-0.2, -0.15) is 0 Å². The maximum Gasteiger partial charge on any atom is 0.427 e. The number of carbonyl (C=O) groups excluding carboxylic acids is 1. The van der Waals surface area contributed by atoms with Gasteiger partial charge < -0.3 is 9.84 Å². The monoisotopic (exact) mass is 621 g/mol. The number of sulfonamides is 1. The first kappa shape index (κ1) is 28.4. The molecule has 0 aliphatic rings. The first-order valence-corrected chi connectivity index (χ1v) is 13.4. The molecule has 15 heteroatoms. The molecule has 3 rings (SSSR count). The number of benzene rings is 2. The fraction of sp³-hybridized carbons (Fsp3) is 0.227. The number of rotatable bonds is 6. The molecular weight excluding hydrogens is 603 g/mol. The highest BCUT2D eigenvalue weighted by molar-refractivity contribution is 9.10. The molecule has 0 aliphatic carbocycles. The first-order chi connectivity index (χ1) is 17.1. The Morgan fingerprint density at radius 2 is 1.76 bits per heavy atom. The summed E-state index contributed by atoms with van der Waals surface area (Å²) >= 11 is 4.02. The fourth-order valence-electron chi connectivity index (χ4n) is 3.09. The highest BCUT2D eigenvalue weighted by Gasteiger charge is 2.38. The molecule has 0 unspecified atom stereocenters. The Morgan fingerprint density at radius 3 is 2.24 bits per heavy atom. The summed E-state index contributed by atoms with van der Waals surface area (Å²) in [5.74, 6) is -4.71. The van der Waals surface area contributed by atoms with Crippen molar-refractivity contribution in [2.45, 2.75) is 37.8 Å². The van der Waals surface area contributed by atoms with Gasteiger partial charge in [-0.3, -0.25) is 4.90 Å². The molecule has 0 fully saturated rings. The Morgan fingerprint density at radius 1 is 1.14 bits per heavy atom. The predicted octanol–water partition coefficient (Wildman–Crippen LogP) is 6.14. The summed E-state index contributed by atoms with van der Waals surface area (Å²) in [4.78, 5) is 27.3. The van der Waals surface area contributed by atoms with Crippen molar-refractivity contribution in [1.29, 1.82) is 0 Å². The maximum atomic E-state index is 15.2. The van der Waals surface area contributed by atoms with Gasteiger partial charge in [0.05, 0.1) is 17.7 Å². The number of halogens is 4. The quantitative estimate of drug-likeness (QED) is 0.351. The van der Waals surface area contributed by atoms with Crippen LogP contribution in [0, 0.1) is 17.5 Å². The van der Waals surface area contributed by atoms with E-state index in [1.807, 2.05) is 0 Å². The zero-order valence-corrected chi connectivity index (χ0v) is 22.6. The van der Waals surface area contributed by atoms with Crippen molar-refractivity contribution in [2.24, 2.45) is 0 Å². The van der Waals surface area contributed by atoms with E-state index in [1.54, 1.807) is 0 Å². The van der Waals surface area contributed by atoms with Gasteiger partial charge >= 0.3 is 12.2 Å². The van der Waals surface area contributed by atoms with Crippen molar-refractivity contribution in [2.75, 3.05) is 9.21 Å². The van der Waals surface area contributed by atoms with Gasteiger partial charge in [-0.25, -0.2) is 36.2 Å². The van der Waals surface area contributed by atoms with Gasteiger partial charge in [-0.05, 0) is 45.0 Å². The lowest BCUT2D eigenvalue weighted by Crippen LogP contribution is -2.38. The lowest BCUT2D eigenvalue weighted by molar-refractivity contribution is 0.0577. The second-order valence-electron chi connectivity index (χ2n) is 8.40. The molecule has 0 aliphatic heterocycles. The van der Waals surface area contributed by atoms with Crippen LogP contribution in [0.2, 0.25) is 0 Å². The maximum absolute atomic E-state index is 15.2. The van der Waals surface area contributed by atoms with Crippen molar-refractivity contribution in [3.63, 3.8) is 0 Å². The Kier molecular flexibility index (Phi) is 8.19. The van der Waals surface area contributed by atoms with Gasteiger partial charge in [0.2, 0.25) is 0 Å². The number of nitrogens with zero attached hydrogens (tertiary/aromatic N) is 3. The zero-order chi connectivity index (χ0) is 27.7. The summed E-state index contributed by atoms with van der Waals surface area (Å²) in [6, 6.07) is 5.02. The topological polar surface area (TPSA) is 117 Å². The third-order valence-corrected chi connectivity index (χ3v) is 7.63. The van der Waals surface area contributed by atoms with E-state index >= 15 is 8.78 Å². The van der Waals surface area contributed by atoms with Crippen LogP contribution < -0.4 is 9.21 Å². The van der Waals surface area contributed by atoms with Gasteiger partial charge in [0.1, 0.15) is 23.1 Å². The lowest BCUT2D eigenvalue weighted by atomic mass is 10.1. The minimum Gasteiger partial charge on any atom is -0.464 e. The molecule has 9 nitrogen and oxygen atoms in total. The van der Waals surface area contributed by atoms with E-state index in [2.05, 4.69) is 20.9 Å². The van der Waals surface area contributed by atoms with Gasteiger partial charge in [-0.1, -0.05) is 22.0 Å². The Hall–Kier alpha value is -3.17. The molecule has 0 bridgehead atoms. The number of thiazole rings is 1. The molecule has 1 heterocycles. The van der Waals surface area contributed by atoms with Crippen LogP contribution >= 0.6 is 27.3 Å². The standard InChI is InChI=1S/C22H19BrF3N3O6S2/c1-22(2,3)35-21(32)28(9-13-14(23)5-4-6-15(13)24)12-7-16(25)19(17(26)8-12)37(33,34)29(20(30)31)18-10-36-11-27-18/h4-8,10-11H,9H2,1-3H3,(H,30,31). The molecule has 0 spiro atoms. The third-order valence-electron chi connectivity index (χ3n) is 4.59. The smallest absolute Gasteiger partial charge is 0.427 e. The van der Waals surface area contributed by atoms with Gasteiger partial charge in [0.15, 0.2) is 10.7 Å². The summed E-state index contributed by atoms with van der Waals surface area (Å²) < 4.78 is 76.1. The number of amides is 2. The van der Waals surface area contributed by atoms with Gasteiger partial charge in [0, 0.05) is 15.4 Å². The molecule has 1 N–H and O–H groups in total. The van der Waals surface area contributed by atoms with Crippen molar-refractivity contribution < 1.29 is 41.0 Å². The number of hydrogen-bond donors (Lipinski definition) is 1. The summed E-state index contributed by atoms with van der Waals surface area (Å²) in [6.07, 6.45) is -3.15. The van der Waals surface area contributed by atoms with Gasteiger partial charge in [-0.15, -0.1) is 15.6 Å². The molecule has 198 valence electrons. The SMILES string of the molecule is CC(C)(C)OC(=O)N(Cc1c(F)cccc1Br)c1cc(F)c(S(=O)(=O)N(C(=O)O)c2cscn2)c(F)c1. The first-order valence-electron chi connectivity index (χ1n) is 10.2. The number of anilines is 2. The molecule has 0 saturated carbocycles. The number of aromatic nitrogens is 1. The summed E-state index contributed by atoms with van der Waals surface area (Å²) in [5, 5.41) is 10.5. The molecular formula is C22H19BrF3N3O6S2. The van der Waals surface area contributed by atoms with E-state index < -0.39 is 68.2 Å². The molecule has 37 heavy (non-hydrogen) atoms. The zero-order valence-electron chi connectivity index (χ0n) is 19.4. The molecule has 0 radical (unpaired) electrons. The number of ether oxygens (including phenoxy) is 1. The van der Waals surface area contributed by atoms with E-state index in [0.717, 1.165) is 28.3 Å². The molecule has 0 atom stereocenters. The summed E-state index contributed by atoms with van der Waals surface area (Å²) in [5.41, 5.74) is -0.464. The lowest BCUT2D eigenvalue weighted by Gasteiger charge is -2.28. The number of hydrogen-bond acceptors (Lipinski definition) is 7. The van der Waals surface area contributed by atoms with Crippen LogP contribution in [0.3, 0.4) is 0 Å². The molecule has 1 aromatic heterocycles. The molecule has 3 aromatic rings. The highest BCUT2D eigenvalue weighted by atomic mass is 79.9. The average molecular weight is 622 g/mol. The van der Waals surface area contributed by atoms with Crippen LogP contribution in [0.15, 0.2) is 50.6 Å². The van der Waals surface area contributed by atoms with E-state index in [1.165, 1.54) is 32.9 Å². The largest absolute Gasteiger partial charge is 0.464 e. The third kappa shape index (κ3) is 6.22. The second-order valence-corrected chi connectivity index (χ2v) is 11.7. The van der Waals surface area contributed by atoms with Crippen LogP contribution in [0.1, 0.15) is 26.3 Å². The molecule has 0 saturated heterocycles. The highest BCUT2D eigenvalue weighted by Crippen LogP contribution is 2.33. The van der Waals surface area contributed by atoms with Crippen molar-refractivity contribution in [1.82, 2.24) is 4.98 Å².